The molecule has 0 atom stereocenters. The van der Waals surface area contributed by atoms with Crippen LogP contribution in [0.1, 0.15) is 0 Å². The summed E-state index contributed by atoms with van der Waals surface area (Å²) in [4.78, 5) is 27.3. The van der Waals surface area contributed by atoms with Gasteiger partial charge in [-0.2, -0.15) is 0 Å². The zero-order valence-electron chi connectivity index (χ0n) is 19.7. The maximum atomic E-state index is 13.6. The van der Waals surface area contributed by atoms with Crippen molar-refractivity contribution in [1.82, 2.24) is 4.90 Å². The lowest BCUT2D eigenvalue weighted by Gasteiger charge is -2.37. The van der Waals surface area contributed by atoms with Crippen LogP contribution in [-0.4, -0.2) is 64.0 Å². The second-order valence-corrected chi connectivity index (χ2v) is 9.97. The van der Waals surface area contributed by atoms with Crippen LogP contribution >= 0.6 is 0 Å². The summed E-state index contributed by atoms with van der Waals surface area (Å²) in [5.41, 5.74) is 0.715. The lowest BCUT2D eigenvalue weighted by molar-refractivity contribution is -0.387. The van der Waals surface area contributed by atoms with E-state index in [2.05, 4.69) is 4.90 Å². The fourth-order valence-corrected chi connectivity index (χ4v) is 5.66. The van der Waals surface area contributed by atoms with Crippen molar-refractivity contribution in [2.24, 2.45) is 0 Å². The molecule has 1 fully saturated rings. The number of nitro benzene ring substituents is 1. The van der Waals surface area contributed by atoms with E-state index in [-0.39, 0.29) is 11.6 Å². The Balaban J connectivity index is 1.54. The molecule has 0 saturated carbocycles. The number of amides is 1. The van der Waals surface area contributed by atoms with Crippen molar-refractivity contribution >= 4 is 33.0 Å². The van der Waals surface area contributed by atoms with Gasteiger partial charge in [-0.15, -0.1) is 0 Å². The molecule has 0 aromatic heterocycles. The highest BCUT2D eigenvalue weighted by molar-refractivity contribution is 7.93. The van der Waals surface area contributed by atoms with E-state index < -0.39 is 32.1 Å². The van der Waals surface area contributed by atoms with E-state index in [9.17, 15) is 23.3 Å². The minimum Gasteiger partial charge on any atom is -0.497 e. The molecular weight excluding hydrogens is 484 g/mol. The quantitative estimate of drug-likeness (QED) is 0.338. The van der Waals surface area contributed by atoms with Gasteiger partial charge in [0, 0.05) is 37.9 Å². The molecule has 1 heterocycles. The Morgan fingerprint density at radius 3 is 2.17 bits per heavy atom. The number of carbonyl (C=O) groups is 1. The maximum Gasteiger partial charge on any atom is 0.289 e. The van der Waals surface area contributed by atoms with Crippen LogP contribution in [-0.2, 0) is 14.8 Å². The third kappa shape index (κ3) is 5.25. The molecule has 0 bridgehead atoms. The molecule has 3 aromatic carbocycles. The van der Waals surface area contributed by atoms with Crippen LogP contribution < -0.4 is 13.9 Å². The fraction of sp³-hybridized carbons (Fsp3) is 0.240. The van der Waals surface area contributed by atoms with Gasteiger partial charge in [0.25, 0.3) is 15.7 Å². The molecule has 0 radical (unpaired) electrons. The van der Waals surface area contributed by atoms with Gasteiger partial charge in [0.15, 0.2) is 4.90 Å². The topological polar surface area (TPSA) is 113 Å². The first-order chi connectivity index (χ1) is 17.3. The molecule has 1 aliphatic rings. The number of piperazine rings is 1. The lowest BCUT2D eigenvalue weighted by Crippen LogP contribution is -2.52. The van der Waals surface area contributed by atoms with E-state index >= 15 is 0 Å². The molecule has 1 amide bonds. The average molecular weight is 511 g/mol. The van der Waals surface area contributed by atoms with Gasteiger partial charge in [0.2, 0.25) is 5.91 Å². The number of nitro groups is 1. The van der Waals surface area contributed by atoms with Crippen LogP contribution in [0.25, 0.3) is 0 Å². The molecule has 0 unspecified atom stereocenters. The first kappa shape index (κ1) is 25.0. The molecule has 0 aliphatic carbocycles. The molecule has 11 heteroatoms. The number of sulfonamides is 1. The van der Waals surface area contributed by atoms with Gasteiger partial charge in [-0.05, 0) is 42.5 Å². The third-order valence-electron chi connectivity index (χ3n) is 6.02. The predicted octanol–water partition coefficient (Wildman–Crippen LogP) is 3.15. The largest absolute Gasteiger partial charge is 0.497 e. The number of nitrogens with zero attached hydrogens (tertiary/aromatic N) is 4. The number of ether oxygens (including phenoxy) is 1. The summed E-state index contributed by atoms with van der Waals surface area (Å²) in [6.45, 7) is 1.53. The Morgan fingerprint density at radius 2 is 1.56 bits per heavy atom. The summed E-state index contributed by atoms with van der Waals surface area (Å²) in [5, 5.41) is 11.5. The zero-order chi connectivity index (χ0) is 25.7. The Hall–Kier alpha value is -4.12. The van der Waals surface area contributed by atoms with Crippen molar-refractivity contribution in [3.8, 4) is 5.75 Å². The lowest BCUT2D eigenvalue weighted by atomic mass is 10.2. The summed E-state index contributed by atoms with van der Waals surface area (Å²) in [7, 11) is -2.80. The van der Waals surface area contributed by atoms with Crippen molar-refractivity contribution in [1.29, 1.82) is 0 Å². The molecule has 4 rings (SSSR count). The first-order valence-electron chi connectivity index (χ1n) is 11.3. The number of carbonyl (C=O) groups excluding carboxylic acids is 1. The van der Waals surface area contributed by atoms with Crippen molar-refractivity contribution < 1.29 is 22.9 Å². The highest BCUT2D eigenvalue weighted by atomic mass is 32.2. The number of methoxy groups -OCH3 is 1. The number of benzene rings is 3. The SMILES string of the molecule is COc1ccc(N2CCN(C(=O)CN(c3ccccc3)S(=O)(=O)c3ccccc3[N+](=O)[O-])CC2)cc1. The van der Waals surface area contributed by atoms with Crippen LogP contribution in [0.4, 0.5) is 17.1 Å². The molecular formula is C25H26N4O6S. The van der Waals surface area contributed by atoms with E-state index in [0.717, 1.165) is 21.8 Å². The predicted molar refractivity (Wildman–Crippen MR) is 136 cm³/mol. The summed E-state index contributed by atoms with van der Waals surface area (Å²) >= 11 is 0. The van der Waals surface area contributed by atoms with Crippen LogP contribution in [0.3, 0.4) is 0 Å². The Kier molecular flexibility index (Phi) is 7.39. The van der Waals surface area contributed by atoms with Gasteiger partial charge in [0.05, 0.1) is 17.7 Å². The average Bonchev–Trinajstić information content (AvgIpc) is 2.92. The molecule has 10 nitrogen and oxygen atoms in total. The number of para-hydroxylation sites is 2. The maximum absolute atomic E-state index is 13.6. The van der Waals surface area contributed by atoms with Crippen molar-refractivity contribution in [3.63, 3.8) is 0 Å². The Labute approximate surface area is 209 Å². The summed E-state index contributed by atoms with van der Waals surface area (Å²) in [6, 6.07) is 20.9. The van der Waals surface area contributed by atoms with Gasteiger partial charge in [0.1, 0.15) is 12.3 Å². The second kappa shape index (κ2) is 10.6. The number of rotatable bonds is 8. The van der Waals surface area contributed by atoms with Crippen molar-refractivity contribution in [2.45, 2.75) is 4.90 Å². The van der Waals surface area contributed by atoms with Gasteiger partial charge < -0.3 is 14.5 Å². The molecule has 1 aliphatic heterocycles. The Morgan fingerprint density at radius 1 is 0.944 bits per heavy atom. The van der Waals surface area contributed by atoms with Gasteiger partial charge >= 0.3 is 0 Å². The normalized spacial score (nSPS) is 13.8. The highest BCUT2D eigenvalue weighted by Crippen LogP contribution is 2.30. The zero-order valence-corrected chi connectivity index (χ0v) is 20.5. The number of anilines is 2. The summed E-state index contributed by atoms with van der Waals surface area (Å²) in [6.07, 6.45) is 0. The van der Waals surface area contributed by atoms with Crippen molar-refractivity contribution in [2.75, 3.05) is 49.0 Å². The molecule has 188 valence electrons. The van der Waals surface area contributed by atoms with E-state index in [0.29, 0.717) is 26.2 Å². The third-order valence-corrected chi connectivity index (χ3v) is 7.84. The monoisotopic (exact) mass is 510 g/mol. The second-order valence-electron chi connectivity index (χ2n) is 8.14. The van der Waals surface area contributed by atoms with E-state index in [1.54, 1.807) is 42.3 Å². The molecule has 36 heavy (non-hydrogen) atoms. The van der Waals surface area contributed by atoms with E-state index in [4.69, 9.17) is 4.74 Å². The molecule has 3 aromatic rings. The van der Waals surface area contributed by atoms with Crippen LogP contribution in [0.15, 0.2) is 83.8 Å². The minimum absolute atomic E-state index is 0.251. The van der Waals surface area contributed by atoms with Crippen LogP contribution in [0.2, 0.25) is 0 Å². The smallest absolute Gasteiger partial charge is 0.289 e. The number of hydrogen-bond acceptors (Lipinski definition) is 7. The van der Waals surface area contributed by atoms with Gasteiger partial charge in [-0.25, -0.2) is 8.42 Å². The number of hydrogen-bond donors (Lipinski definition) is 0. The van der Waals surface area contributed by atoms with E-state index in [1.807, 2.05) is 24.3 Å². The minimum atomic E-state index is -4.40. The van der Waals surface area contributed by atoms with Gasteiger partial charge in [-0.1, -0.05) is 30.3 Å². The summed E-state index contributed by atoms with van der Waals surface area (Å²) in [5.74, 6) is 0.379. The van der Waals surface area contributed by atoms with Crippen LogP contribution in [0, 0.1) is 10.1 Å². The first-order valence-corrected chi connectivity index (χ1v) is 12.7. The Bertz CT molecular complexity index is 1320. The fourth-order valence-electron chi connectivity index (χ4n) is 4.08. The highest BCUT2D eigenvalue weighted by Gasteiger charge is 2.34. The molecule has 0 N–H and O–H groups in total. The van der Waals surface area contributed by atoms with Crippen LogP contribution in [0.5, 0.6) is 5.75 Å². The standard InChI is InChI=1S/C25H26N4O6S/c1-35-22-13-11-20(12-14-22)26-15-17-27(18-16-26)25(30)19-28(21-7-3-2-4-8-21)36(33,34)24-10-6-5-9-23(24)29(31)32/h2-14H,15-19H2,1H3. The van der Waals surface area contributed by atoms with Crippen molar-refractivity contribution in [3.05, 3.63) is 89.0 Å². The molecule has 0 spiro atoms. The molecule has 1 saturated heterocycles. The van der Waals surface area contributed by atoms with Gasteiger partial charge in [-0.3, -0.25) is 19.2 Å². The van der Waals surface area contributed by atoms with E-state index in [1.165, 1.54) is 18.2 Å². The summed E-state index contributed by atoms with van der Waals surface area (Å²) < 4.78 is 33.3.